The molecule has 0 radical (unpaired) electrons. The first-order valence-corrected chi connectivity index (χ1v) is 14.6. The highest BCUT2D eigenvalue weighted by molar-refractivity contribution is 5.83. The molecule has 5 saturated carbocycles. The topological polar surface area (TPSA) is 80.7 Å². The quantitative estimate of drug-likeness (QED) is 0.438. The maximum atomic E-state index is 12.8. The zero-order chi connectivity index (χ0) is 26.5. The molecule has 0 aromatic rings. The Hall–Kier alpha value is -1.39. The van der Waals surface area contributed by atoms with Crippen molar-refractivity contribution in [3.05, 3.63) is 0 Å². The fraction of sp³-hybridized carbons (Fsp3) is 0.903. The molecule has 0 bridgehead atoms. The molecule has 36 heavy (non-hydrogen) atoms. The van der Waals surface area contributed by atoms with Crippen LogP contribution in [0.4, 0.5) is 0 Å². The first-order valence-electron chi connectivity index (χ1n) is 14.6. The minimum atomic E-state index is -0.713. The number of aliphatic carboxylic acids is 1. The fourth-order valence-electron chi connectivity index (χ4n) is 11.8. The van der Waals surface area contributed by atoms with Crippen molar-refractivity contribution in [3.63, 3.8) is 0 Å². The number of ketones is 1. The van der Waals surface area contributed by atoms with Gasteiger partial charge in [0, 0.05) is 18.3 Å². The number of ether oxygens (including phenoxy) is 1. The van der Waals surface area contributed by atoms with Crippen molar-refractivity contribution in [3.8, 4) is 0 Å². The Morgan fingerprint density at radius 1 is 0.750 bits per heavy atom. The minimum absolute atomic E-state index is 0.0225. The average Bonchev–Trinajstić information content (AvgIpc) is 3.17. The number of rotatable bonds is 3. The molecule has 0 unspecified atom stereocenters. The second kappa shape index (κ2) is 8.06. The lowest BCUT2D eigenvalue weighted by Crippen LogP contribution is -2.67. The fourth-order valence-corrected chi connectivity index (χ4v) is 11.8. The summed E-state index contributed by atoms with van der Waals surface area (Å²) < 4.78 is 5.86. The molecule has 1 N–H and O–H groups in total. The predicted molar refractivity (Wildman–Crippen MR) is 138 cm³/mol. The van der Waals surface area contributed by atoms with Crippen molar-refractivity contribution < 1.29 is 24.2 Å². The zero-order valence-electron chi connectivity index (χ0n) is 23.6. The van der Waals surface area contributed by atoms with E-state index in [-0.39, 0.29) is 51.4 Å². The molecular weight excluding hydrogens is 452 g/mol. The number of fused-ring (bicyclic) bond motifs is 7. The van der Waals surface area contributed by atoms with Gasteiger partial charge in [-0.15, -0.1) is 0 Å². The molecule has 0 spiro atoms. The summed E-state index contributed by atoms with van der Waals surface area (Å²) in [7, 11) is 0. The summed E-state index contributed by atoms with van der Waals surface area (Å²) in [6.07, 6.45) is 9.47. The number of carbonyl (C=O) groups is 3. The highest BCUT2D eigenvalue weighted by Crippen LogP contribution is 2.77. The van der Waals surface area contributed by atoms with E-state index in [9.17, 15) is 19.5 Å². The number of Topliss-reactive ketones (excluding diaryl/α,β-unsaturated/α-hetero) is 1. The van der Waals surface area contributed by atoms with Crippen molar-refractivity contribution in [1.82, 2.24) is 0 Å². The van der Waals surface area contributed by atoms with Crippen molar-refractivity contribution in [2.45, 2.75) is 119 Å². The Balaban J connectivity index is 1.52. The molecular formula is C31H48O5. The number of hydrogen-bond donors (Lipinski definition) is 1. The number of esters is 1. The van der Waals surface area contributed by atoms with E-state index >= 15 is 0 Å². The number of carboxylic acid groups (broad SMARTS) is 1. The van der Waals surface area contributed by atoms with Crippen molar-refractivity contribution >= 4 is 17.7 Å². The largest absolute Gasteiger partial charge is 0.481 e. The second-order valence-corrected chi connectivity index (χ2v) is 14.9. The predicted octanol–water partition coefficient (Wildman–Crippen LogP) is 6.67. The molecule has 5 aliphatic rings. The van der Waals surface area contributed by atoms with Gasteiger partial charge in [0.2, 0.25) is 0 Å². The normalized spacial score (nSPS) is 51.2. The monoisotopic (exact) mass is 500 g/mol. The van der Waals surface area contributed by atoms with Crippen LogP contribution in [0.25, 0.3) is 0 Å². The summed E-state index contributed by atoms with van der Waals surface area (Å²) in [6.45, 7) is 15.4. The maximum absolute atomic E-state index is 12.8. The van der Waals surface area contributed by atoms with Gasteiger partial charge in [-0.3, -0.25) is 14.4 Å². The lowest BCUT2D eigenvalue weighted by Gasteiger charge is -2.72. The number of hydrogen-bond acceptors (Lipinski definition) is 4. The van der Waals surface area contributed by atoms with E-state index in [0.29, 0.717) is 30.6 Å². The van der Waals surface area contributed by atoms with E-state index in [1.54, 1.807) is 6.92 Å². The van der Waals surface area contributed by atoms with Crippen LogP contribution in [0.1, 0.15) is 113 Å². The zero-order valence-corrected chi connectivity index (χ0v) is 23.6. The lowest BCUT2D eigenvalue weighted by atomic mass is 9.32. The van der Waals surface area contributed by atoms with Crippen LogP contribution in [0.2, 0.25) is 0 Å². The lowest BCUT2D eigenvalue weighted by molar-refractivity contribution is -0.250. The van der Waals surface area contributed by atoms with Gasteiger partial charge in [0.25, 0.3) is 0 Å². The van der Waals surface area contributed by atoms with Crippen LogP contribution in [0.15, 0.2) is 0 Å². The molecule has 0 aromatic heterocycles. The summed E-state index contributed by atoms with van der Waals surface area (Å²) in [5, 5.41) is 10.5. The van der Waals surface area contributed by atoms with Crippen molar-refractivity contribution in [1.29, 1.82) is 0 Å². The van der Waals surface area contributed by atoms with E-state index in [0.717, 1.165) is 51.4 Å². The Morgan fingerprint density at radius 3 is 2.06 bits per heavy atom. The maximum Gasteiger partial charge on any atom is 0.309 e. The molecule has 0 saturated heterocycles. The van der Waals surface area contributed by atoms with Crippen molar-refractivity contribution in [2.24, 2.45) is 56.7 Å². The van der Waals surface area contributed by atoms with Crippen molar-refractivity contribution in [2.75, 3.05) is 0 Å². The van der Waals surface area contributed by atoms with Gasteiger partial charge in [0.05, 0.1) is 5.41 Å². The Labute approximate surface area is 217 Å². The molecule has 5 nitrogen and oxygen atoms in total. The highest BCUT2D eigenvalue weighted by atomic mass is 16.5. The molecule has 10 atom stereocenters. The van der Waals surface area contributed by atoms with E-state index < -0.39 is 11.4 Å². The van der Waals surface area contributed by atoms with E-state index in [2.05, 4.69) is 34.6 Å². The van der Waals surface area contributed by atoms with E-state index in [1.165, 1.54) is 6.92 Å². The third-order valence-corrected chi connectivity index (χ3v) is 13.6. The molecule has 0 amide bonds. The van der Waals surface area contributed by atoms with Crippen LogP contribution in [-0.2, 0) is 19.1 Å². The van der Waals surface area contributed by atoms with Gasteiger partial charge in [-0.05, 0) is 111 Å². The molecule has 0 aromatic carbocycles. The standard InChI is InChI=1S/C31H48O5/c1-18(32)20-10-15-31(26(34)35)17-16-29(6)21(25(20)31)8-9-23-28(5)13-12-24(36-19(2)33)27(3,4)22(28)11-14-30(23,29)7/h20-25H,8-17H2,1-7H3,(H,34,35)/t20-,21+,22-,23+,24-,25+,28-,29+,30+,31-/m0/s1. The van der Waals surface area contributed by atoms with Crippen LogP contribution in [0, 0.1) is 56.7 Å². The number of carbonyl (C=O) groups excluding carboxylic acids is 2. The van der Waals surface area contributed by atoms with Gasteiger partial charge in [0.15, 0.2) is 0 Å². The van der Waals surface area contributed by atoms with Crippen LogP contribution in [0.3, 0.4) is 0 Å². The second-order valence-electron chi connectivity index (χ2n) is 14.9. The average molecular weight is 501 g/mol. The molecule has 5 rings (SSSR count). The van der Waals surface area contributed by atoms with Crippen LogP contribution in [0.5, 0.6) is 0 Å². The Kier molecular flexibility index (Phi) is 5.87. The van der Waals surface area contributed by atoms with Gasteiger partial charge in [-0.1, -0.05) is 34.6 Å². The van der Waals surface area contributed by atoms with Gasteiger partial charge in [-0.2, -0.15) is 0 Å². The molecule has 5 heteroatoms. The van der Waals surface area contributed by atoms with Crippen LogP contribution >= 0.6 is 0 Å². The summed E-state index contributed by atoms with van der Waals surface area (Å²) in [4.78, 5) is 37.4. The van der Waals surface area contributed by atoms with E-state index in [4.69, 9.17) is 4.74 Å². The smallest absolute Gasteiger partial charge is 0.309 e. The van der Waals surface area contributed by atoms with Crippen LogP contribution < -0.4 is 0 Å². The molecule has 5 aliphatic carbocycles. The van der Waals surface area contributed by atoms with Gasteiger partial charge in [-0.25, -0.2) is 0 Å². The number of carboxylic acids is 1. The first kappa shape index (κ1) is 26.2. The summed E-state index contributed by atoms with van der Waals surface area (Å²) in [5.41, 5.74) is -0.427. The summed E-state index contributed by atoms with van der Waals surface area (Å²) in [5.74, 6) is 0.599. The molecule has 0 aliphatic heterocycles. The van der Waals surface area contributed by atoms with Gasteiger partial charge < -0.3 is 9.84 Å². The third kappa shape index (κ3) is 3.16. The molecule has 202 valence electrons. The SMILES string of the molecule is CC(=O)O[C@H]1CC[C@]2(C)[C@H]3CC[C@@H]4[C@H]5[C@H](C(C)=O)CC[C@]5(C(=O)O)CC[C@@]4(C)[C@]3(C)CC[C@H]2C1(C)C. The first-order chi connectivity index (χ1) is 16.6. The Morgan fingerprint density at radius 2 is 1.44 bits per heavy atom. The summed E-state index contributed by atoms with van der Waals surface area (Å²) >= 11 is 0. The summed E-state index contributed by atoms with van der Waals surface area (Å²) in [6, 6.07) is 0. The molecule has 5 fully saturated rings. The minimum Gasteiger partial charge on any atom is -0.481 e. The van der Waals surface area contributed by atoms with E-state index in [1.807, 2.05) is 0 Å². The Bertz CT molecular complexity index is 970. The highest BCUT2D eigenvalue weighted by Gasteiger charge is 2.72. The van der Waals surface area contributed by atoms with Gasteiger partial charge >= 0.3 is 11.9 Å². The molecule has 0 heterocycles. The third-order valence-electron chi connectivity index (χ3n) is 13.6. The van der Waals surface area contributed by atoms with Gasteiger partial charge in [0.1, 0.15) is 11.9 Å². The van der Waals surface area contributed by atoms with Crippen LogP contribution in [-0.4, -0.2) is 28.9 Å².